The van der Waals surface area contributed by atoms with Crippen molar-refractivity contribution in [3.8, 4) is 0 Å². The molecule has 1 aromatic heterocycles. The standard InChI is InChI=1S/C14H16N4O5S/c1-8(19)17-15-5-14(13(21)22)6-18-11(20)10(12(18)24-7-14)16-9-3-2-4-23-9/h2-5,10,12,16H,6-7H2,1H3,(H,17,19)(H,21,22)/t10?,12-,14?/m1/s1. The molecule has 1 aromatic rings. The lowest BCUT2D eigenvalue weighted by molar-refractivity contribution is -0.151. The zero-order valence-electron chi connectivity index (χ0n) is 12.8. The van der Waals surface area contributed by atoms with Crippen molar-refractivity contribution < 1.29 is 23.9 Å². The van der Waals surface area contributed by atoms with Gasteiger partial charge in [0.25, 0.3) is 0 Å². The topological polar surface area (TPSA) is 124 Å². The molecule has 2 aliphatic rings. The SMILES string of the molecule is CC(=O)NN=CC1(C(=O)O)CS[C@@H]2C(Nc3ccco3)C(=O)N2C1. The van der Waals surface area contributed by atoms with Crippen LogP contribution in [0.2, 0.25) is 0 Å². The van der Waals surface area contributed by atoms with Gasteiger partial charge in [0.05, 0.1) is 6.26 Å². The molecule has 0 saturated carbocycles. The van der Waals surface area contributed by atoms with Crippen molar-refractivity contribution in [2.75, 3.05) is 17.6 Å². The molecule has 0 bridgehead atoms. The number of carbonyl (C=O) groups excluding carboxylic acids is 2. The second-order valence-corrected chi connectivity index (χ2v) is 6.76. The number of β-lactam (4-membered cyclic amide) rings is 1. The Morgan fingerprint density at radius 2 is 2.38 bits per heavy atom. The van der Waals surface area contributed by atoms with E-state index < -0.39 is 23.3 Å². The summed E-state index contributed by atoms with van der Waals surface area (Å²) in [5.74, 6) is -0.928. The third-order valence-corrected chi connectivity index (χ3v) is 5.43. The number of thioether (sulfide) groups is 1. The smallest absolute Gasteiger partial charge is 0.317 e. The Balaban J connectivity index is 1.70. The fourth-order valence-corrected chi connectivity index (χ4v) is 4.11. The van der Waals surface area contributed by atoms with E-state index in [1.165, 1.54) is 36.1 Å². The van der Waals surface area contributed by atoms with Crippen LogP contribution in [0.25, 0.3) is 0 Å². The predicted octanol–water partition coefficient (Wildman–Crippen LogP) is 0.168. The molecule has 2 aliphatic heterocycles. The van der Waals surface area contributed by atoms with Crippen LogP contribution >= 0.6 is 11.8 Å². The summed E-state index contributed by atoms with van der Waals surface area (Å²) < 4.78 is 5.18. The van der Waals surface area contributed by atoms with Gasteiger partial charge in [-0.2, -0.15) is 5.10 Å². The zero-order chi connectivity index (χ0) is 17.3. The van der Waals surface area contributed by atoms with Crippen LogP contribution in [-0.4, -0.2) is 57.7 Å². The van der Waals surface area contributed by atoms with Gasteiger partial charge in [0, 0.05) is 31.5 Å². The molecule has 3 rings (SSSR count). The van der Waals surface area contributed by atoms with Crippen LogP contribution in [-0.2, 0) is 14.4 Å². The fourth-order valence-electron chi connectivity index (χ4n) is 2.62. The Hall–Kier alpha value is -2.49. The number of nitrogens with one attached hydrogen (secondary N) is 2. The molecule has 24 heavy (non-hydrogen) atoms. The summed E-state index contributed by atoms with van der Waals surface area (Å²) in [7, 11) is 0. The first-order chi connectivity index (χ1) is 11.4. The number of aliphatic carboxylic acids is 1. The van der Waals surface area contributed by atoms with E-state index in [1.807, 2.05) is 0 Å². The molecular formula is C14H16N4O5S. The number of fused-ring (bicyclic) bond motifs is 1. The number of anilines is 1. The molecule has 3 N–H and O–H groups in total. The molecule has 0 radical (unpaired) electrons. The van der Waals surface area contributed by atoms with E-state index in [0.29, 0.717) is 5.88 Å². The van der Waals surface area contributed by atoms with Gasteiger partial charge < -0.3 is 19.7 Å². The van der Waals surface area contributed by atoms with Crippen molar-refractivity contribution >= 4 is 41.6 Å². The summed E-state index contributed by atoms with van der Waals surface area (Å²) in [6.07, 6.45) is 2.70. The summed E-state index contributed by atoms with van der Waals surface area (Å²) in [5, 5.41) is 16.1. The van der Waals surface area contributed by atoms with Crippen molar-refractivity contribution in [2.24, 2.45) is 10.5 Å². The Morgan fingerprint density at radius 1 is 1.58 bits per heavy atom. The number of carbonyl (C=O) groups is 3. The first-order valence-corrected chi connectivity index (χ1v) is 8.24. The minimum absolute atomic E-state index is 0.0122. The number of carboxylic acids is 1. The Bertz CT molecular complexity index is 691. The minimum Gasteiger partial charge on any atom is -0.480 e. The average molecular weight is 352 g/mol. The van der Waals surface area contributed by atoms with Crippen LogP contribution in [0.1, 0.15) is 6.92 Å². The second kappa shape index (κ2) is 6.19. The molecule has 0 aliphatic carbocycles. The summed E-state index contributed by atoms with van der Waals surface area (Å²) in [6.45, 7) is 1.29. The monoisotopic (exact) mass is 352 g/mol. The van der Waals surface area contributed by atoms with Crippen molar-refractivity contribution in [3.05, 3.63) is 18.4 Å². The molecule has 3 heterocycles. The van der Waals surface area contributed by atoms with E-state index in [0.717, 1.165) is 0 Å². The molecule has 2 saturated heterocycles. The van der Waals surface area contributed by atoms with Crippen molar-refractivity contribution in [1.29, 1.82) is 0 Å². The second-order valence-electron chi connectivity index (χ2n) is 5.65. The fraction of sp³-hybridized carbons (Fsp3) is 0.429. The van der Waals surface area contributed by atoms with E-state index in [9.17, 15) is 19.5 Å². The highest BCUT2D eigenvalue weighted by Crippen LogP contribution is 2.42. The average Bonchev–Trinajstić information content (AvgIpc) is 3.05. The maximum Gasteiger partial charge on any atom is 0.317 e. The summed E-state index contributed by atoms with van der Waals surface area (Å²) >= 11 is 1.36. The third kappa shape index (κ3) is 2.84. The predicted molar refractivity (Wildman–Crippen MR) is 86.5 cm³/mol. The van der Waals surface area contributed by atoms with Gasteiger partial charge in [-0.3, -0.25) is 14.4 Å². The Labute approximate surface area is 141 Å². The number of hydrogen-bond donors (Lipinski definition) is 3. The lowest BCUT2D eigenvalue weighted by Crippen LogP contribution is -2.71. The van der Waals surface area contributed by atoms with E-state index in [1.54, 1.807) is 12.1 Å². The highest BCUT2D eigenvalue weighted by atomic mass is 32.2. The quantitative estimate of drug-likeness (QED) is 0.392. The molecule has 2 amide bonds. The van der Waals surface area contributed by atoms with Crippen LogP contribution in [0.4, 0.5) is 5.88 Å². The van der Waals surface area contributed by atoms with Gasteiger partial charge in [-0.1, -0.05) is 0 Å². The van der Waals surface area contributed by atoms with E-state index in [-0.39, 0.29) is 23.6 Å². The lowest BCUT2D eigenvalue weighted by atomic mass is 9.88. The molecule has 0 aromatic carbocycles. The summed E-state index contributed by atoms with van der Waals surface area (Å²) in [5.41, 5.74) is 0.871. The zero-order valence-corrected chi connectivity index (χ0v) is 13.6. The number of hydrazone groups is 1. The van der Waals surface area contributed by atoms with Crippen LogP contribution in [0.3, 0.4) is 0 Å². The molecule has 128 valence electrons. The Kier molecular flexibility index (Phi) is 4.22. The molecule has 3 atom stereocenters. The van der Waals surface area contributed by atoms with Crippen LogP contribution in [0.15, 0.2) is 27.9 Å². The van der Waals surface area contributed by atoms with E-state index in [2.05, 4.69) is 15.8 Å². The van der Waals surface area contributed by atoms with Gasteiger partial charge in [0.1, 0.15) is 16.8 Å². The number of furan rings is 1. The first-order valence-electron chi connectivity index (χ1n) is 7.19. The van der Waals surface area contributed by atoms with Crippen molar-refractivity contribution in [3.63, 3.8) is 0 Å². The highest BCUT2D eigenvalue weighted by Gasteiger charge is 2.57. The van der Waals surface area contributed by atoms with Crippen molar-refractivity contribution in [2.45, 2.75) is 18.3 Å². The minimum atomic E-state index is -1.32. The lowest BCUT2D eigenvalue weighted by Gasteiger charge is -2.52. The van der Waals surface area contributed by atoms with Crippen LogP contribution in [0.5, 0.6) is 0 Å². The van der Waals surface area contributed by atoms with E-state index in [4.69, 9.17) is 4.42 Å². The number of carboxylic acid groups (broad SMARTS) is 1. The number of rotatable bonds is 5. The third-order valence-electron chi connectivity index (χ3n) is 3.88. The molecule has 0 spiro atoms. The number of hydrogen-bond acceptors (Lipinski definition) is 7. The van der Waals surface area contributed by atoms with Gasteiger partial charge in [-0.25, -0.2) is 5.43 Å². The normalized spacial score (nSPS) is 29.0. The highest BCUT2D eigenvalue weighted by molar-refractivity contribution is 8.00. The molecule has 10 heteroatoms. The Morgan fingerprint density at radius 3 is 3.00 bits per heavy atom. The van der Waals surface area contributed by atoms with Gasteiger partial charge in [-0.15, -0.1) is 11.8 Å². The first kappa shape index (κ1) is 16.4. The largest absolute Gasteiger partial charge is 0.480 e. The van der Waals surface area contributed by atoms with Crippen molar-refractivity contribution in [1.82, 2.24) is 10.3 Å². The van der Waals surface area contributed by atoms with Gasteiger partial charge in [0.2, 0.25) is 11.8 Å². The number of nitrogens with zero attached hydrogens (tertiary/aromatic N) is 2. The van der Waals surface area contributed by atoms with Gasteiger partial charge in [-0.05, 0) is 6.07 Å². The van der Waals surface area contributed by atoms with Crippen LogP contribution in [0, 0.1) is 5.41 Å². The maximum atomic E-state index is 12.3. The molecule has 9 nitrogen and oxygen atoms in total. The molecular weight excluding hydrogens is 336 g/mol. The molecule has 2 fully saturated rings. The number of amides is 2. The molecule has 2 unspecified atom stereocenters. The van der Waals surface area contributed by atoms with Gasteiger partial charge >= 0.3 is 5.97 Å². The summed E-state index contributed by atoms with van der Waals surface area (Å²) in [6, 6.07) is 2.98. The van der Waals surface area contributed by atoms with Crippen LogP contribution < -0.4 is 10.7 Å². The van der Waals surface area contributed by atoms with E-state index >= 15 is 0 Å². The summed E-state index contributed by atoms with van der Waals surface area (Å²) in [4.78, 5) is 36.4. The van der Waals surface area contributed by atoms with Gasteiger partial charge in [0.15, 0.2) is 5.88 Å². The maximum absolute atomic E-state index is 12.3.